The van der Waals surface area contributed by atoms with Gasteiger partial charge in [0.05, 0.1) is 60.6 Å². The Morgan fingerprint density at radius 1 is 1.17 bits per heavy atom. The van der Waals surface area contributed by atoms with Crippen molar-refractivity contribution in [1.29, 1.82) is 0 Å². The molecule has 218 valence electrons. The number of anilines is 1. The van der Waals surface area contributed by atoms with Crippen LogP contribution in [0.3, 0.4) is 0 Å². The molecular weight excluding hydrogens is 553 g/mol. The predicted octanol–water partition coefficient (Wildman–Crippen LogP) is 4.65. The van der Waals surface area contributed by atoms with E-state index < -0.39 is 17.7 Å². The number of fused-ring (bicyclic) bond motifs is 1. The van der Waals surface area contributed by atoms with Gasteiger partial charge in [-0.2, -0.15) is 0 Å². The number of para-hydroxylation sites is 1. The second-order valence-electron chi connectivity index (χ2n) is 10.7. The molecule has 9 nitrogen and oxygen atoms in total. The quantitative estimate of drug-likeness (QED) is 0.398. The highest BCUT2D eigenvalue weighted by atomic mass is 35.5. The van der Waals surface area contributed by atoms with Crippen molar-refractivity contribution in [2.24, 2.45) is 13.0 Å². The van der Waals surface area contributed by atoms with Crippen LogP contribution in [-0.4, -0.2) is 70.9 Å². The van der Waals surface area contributed by atoms with E-state index in [4.69, 9.17) is 21.1 Å². The Morgan fingerprint density at radius 2 is 1.93 bits per heavy atom. The van der Waals surface area contributed by atoms with E-state index in [-0.39, 0.29) is 53.3 Å². The number of carboxylic acids is 1. The zero-order chi connectivity index (χ0) is 29.1. The third-order valence-corrected chi connectivity index (χ3v) is 8.28. The Hall–Kier alpha value is -3.47. The van der Waals surface area contributed by atoms with Crippen LogP contribution in [0.1, 0.15) is 41.6 Å². The zero-order valence-corrected chi connectivity index (χ0v) is 23.5. The van der Waals surface area contributed by atoms with Gasteiger partial charge < -0.3 is 29.4 Å². The number of nitrogens with zero attached hydrogens (tertiary/aromatic N) is 2. The zero-order valence-electron chi connectivity index (χ0n) is 22.8. The van der Waals surface area contributed by atoms with Gasteiger partial charge in [-0.1, -0.05) is 29.8 Å². The number of aliphatic carboxylic acids is 1. The first-order chi connectivity index (χ1) is 19.7. The van der Waals surface area contributed by atoms with Gasteiger partial charge in [0.1, 0.15) is 5.82 Å². The van der Waals surface area contributed by atoms with Crippen molar-refractivity contribution in [3.05, 3.63) is 64.6 Å². The molecule has 2 N–H and O–H groups in total. The monoisotopic (exact) mass is 585 g/mol. The molecule has 2 amide bonds. The molecule has 11 heteroatoms. The first-order valence-electron chi connectivity index (χ1n) is 13.8. The van der Waals surface area contributed by atoms with E-state index >= 15 is 4.39 Å². The number of hydrogen-bond acceptors (Lipinski definition) is 5. The molecule has 0 bridgehead atoms. The summed E-state index contributed by atoms with van der Waals surface area (Å²) in [4.78, 5) is 39.1. The summed E-state index contributed by atoms with van der Waals surface area (Å²) >= 11 is 6.43. The summed E-state index contributed by atoms with van der Waals surface area (Å²) in [5, 5.41) is 12.8. The van der Waals surface area contributed by atoms with E-state index in [1.165, 1.54) is 6.07 Å². The standard InChI is InChI=1S/C30H33ClFN3O6/c1-34-15-23(22-4-2-3-5-27(22)34)29(37)33-26-14-25(32)19(12-24(26)31)13-28(36)35-10-11-40-16-20(35)17-41-21-8-6-18(7-9-21)30(38)39/h2-5,12,14-15,18,20-21H,6-11,13,16-17H2,1H3,(H,33,37)(H,38,39)/t18?,20-,21?/m0/s1. The maximum atomic E-state index is 15.2. The lowest BCUT2D eigenvalue weighted by atomic mass is 9.87. The summed E-state index contributed by atoms with van der Waals surface area (Å²) in [5.41, 5.74) is 1.57. The molecule has 3 aromatic rings. The molecule has 5 rings (SSSR count). The van der Waals surface area contributed by atoms with Crippen LogP contribution in [0.5, 0.6) is 0 Å². The Kier molecular flexibility index (Phi) is 8.91. The van der Waals surface area contributed by atoms with Crippen molar-refractivity contribution < 1.29 is 33.4 Å². The summed E-state index contributed by atoms with van der Waals surface area (Å²) < 4.78 is 28.6. The molecular formula is C30H33ClFN3O6. The fourth-order valence-corrected chi connectivity index (χ4v) is 5.87. The number of ether oxygens (including phenoxy) is 2. The fourth-order valence-electron chi connectivity index (χ4n) is 5.64. The van der Waals surface area contributed by atoms with Crippen LogP contribution in [0.15, 0.2) is 42.6 Å². The number of hydrogen-bond donors (Lipinski definition) is 2. The first kappa shape index (κ1) is 29.0. The van der Waals surface area contributed by atoms with Gasteiger partial charge in [0.15, 0.2) is 0 Å². The van der Waals surface area contributed by atoms with Crippen molar-refractivity contribution in [1.82, 2.24) is 9.47 Å². The second-order valence-corrected chi connectivity index (χ2v) is 11.1. The van der Waals surface area contributed by atoms with Gasteiger partial charge in [-0.3, -0.25) is 14.4 Å². The lowest BCUT2D eigenvalue weighted by Crippen LogP contribution is -2.51. The highest BCUT2D eigenvalue weighted by molar-refractivity contribution is 6.34. The largest absolute Gasteiger partial charge is 0.481 e. The molecule has 41 heavy (non-hydrogen) atoms. The fraction of sp³-hybridized carbons (Fsp3) is 0.433. The van der Waals surface area contributed by atoms with Gasteiger partial charge in [0.2, 0.25) is 5.91 Å². The van der Waals surface area contributed by atoms with Gasteiger partial charge >= 0.3 is 5.97 Å². The summed E-state index contributed by atoms with van der Waals surface area (Å²) in [6.07, 6.45) is 3.91. The normalized spacial score (nSPS) is 21.1. The molecule has 0 radical (unpaired) electrons. The highest BCUT2D eigenvalue weighted by Crippen LogP contribution is 2.29. The third kappa shape index (κ3) is 6.55. The van der Waals surface area contributed by atoms with E-state index in [9.17, 15) is 19.5 Å². The molecule has 2 fully saturated rings. The maximum Gasteiger partial charge on any atom is 0.306 e. The SMILES string of the molecule is Cn1cc(C(=O)Nc2cc(F)c(CC(=O)N3CCOC[C@H]3COC3CCC(C(=O)O)CC3)cc2Cl)c2ccccc21. The molecule has 1 atom stereocenters. The van der Waals surface area contributed by atoms with Crippen LogP contribution in [0.4, 0.5) is 10.1 Å². The number of nitrogens with one attached hydrogen (secondary N) is 1. The van der Waals surface area contributed by atoms with Crippen LogP contribution >= 0.6 is 11.6 Å². The summed E-state index contributed by atoms with van der Waals surface area (Å²) in [6, 6.07) is 9.66. The first-order valence-corrected chi connectivity index (χ1v) is 14.1. The van der Waals surface area contributed by atoms with Crippen LogP contribution in [0, 0.1) is 11.7 Å². The van der Waals surface area contributed by atoms with Gasteiger partial charge in [-0.15, -0.1) is 0 Å². The van der Waals surface area contributed by atoms with E-state index in [0.717, 1.165) is 17.0 Å². The second kappa shape index (κ2) is 12.6. The number of benzene rings is 2. The van der Waals surface area contributed by atoms with E-state index in [2.05, 4.69) is 5.32 Å². The third-order valence-electron chi connectivity index (χ3n) is 7.96. The highest BCUT2D eigenvalue weighted by Gasteiger charge is 2.31. The van der Waals surface area contributed by atoms with Crippen molar-refractivity contribution in [3.63, 3.8) is 0 Å². The summed E-state index contributed by atoms with van der Waals surface area (Å²) in [5.74, 6) is -2.44. The van der Waals surface area contributed by atoms with Crippen LogP contribution in [0.2, 0.25) is 5.02 Å². The van der Waals surface area contributed by atoms with Gasteiger partial charge in [0, 0.05) is 30.7 Å². The van der Waals surface area contributed by atoms with Crippen molar-refractivity contribution in [2.45, 2.75) is 44.2 Å². The van der Waals surface area contributed by atoms with Crippen LogP contribution in [0.25, 0.3) is 10.9 Å². The number of carboxylic acid groups (broad SMARTS) is 1. The van der Waals surface area contributed by atoms with E-state index in [1.54, 1.807) is 11.1 Å². The van der Waals surface area contributed by atoms with Crippen LogP contribution < -0.4 is 5.32 Å². The van der Waals surface area contributed by atoms with Gasteiger partial charge in [0.25, 0.3) is 5.91 Å². The molecule has 2 heterocycles. The van der Waals surface area contributed by atoms with Gasteiger partial charge in [-0.25, -0.2) is 4.39 Å². The van der Waals surface area contributed by atoms with Crippen LogP contribution in [-0.2, 0) is 32.5 Å². The van der Waals surface area contributed by atoms with E-state index in [0.29, 0.717) is 51.0 Å². The smallest absolute Gasteiger partial charge is 0.306 e. The van der Waals surface area contributed by atoms with Crippen molar-refractivity contribution in [2.75, 3.05) is 31.7 Å². The number of morpholine rings is 1. The maximum absolute atomic E-state index is 15.2. The van der Waals surface area contributed by atoms with Gasteiger partial charge in [-0.05, 0) is 49.4 Å². The van der Waals surface area contributed by atoms with Crippen molar-refractivity contribution >= 4 is 46.0 Å². The number of amides is 2. The number of aryl methyl sites for hydroxylation is 1. The summed E-state index contributed by atoms with van der Waals surface area (Å²) in [6.45, 7) is 1.29. The molecule has 0 unspecified atom stereocenters. The molecule has 1 saturated heterocycles. The number of halogens is 2. The number of carbonyl (C=O) groups excluding carboxylic acids is 2. The predicted molar refractivity (Wildman–Crippen MR) is 152 cm³/mol. The lowest BCUT2D eigenvalue weighted by Gasteiger charge is -2.37. The minimum atomic E-state index is -0.770. The molecule has 2 aromatic carbocycles. The molecule has 1 saturated carbocycles. The Morgan fingerprint density at radius 3 is 2.68 bits per heavy atom. The molecule has 2 aliphatic rings. The van der Waals surface area contributed by atoms with Crippen molar-refractivity contribution in [3.8, 4) is 0 Å². The minimum absolute atomic E-state index is 0.0580. The summed E-state index contributed by atoms with van der Waals surface area (Å²) in [7, 11) is 1.84. The minimum Gasteiger partial charge on any atom is -0.481 e. The topological polar surface area (TPSA) is 110 Å². The molecule has 1 aliphatic carbocycles. The van der Waals surface area contributed by atoms with E-state index in [1.807, 2.05) is 35.9 Å². The lowest BCUT2D eigenvalue weighted by molar-refractivity contribution is -0.147. The molecule has 1 aliphatic heterocycles. The molecule has 0 spiro atoms. The number of aromatic nitrogens is 1. The average molecular weight is 586 g/mol. The Balaban J connectivity index is 1.21. The number of carbonyl (C=O) groups is 3. The molecule has 1 aromatic heterocycles. The average Bonchev–Trinajstić information content (AvgIpc) is 3.31. The number of rotatable bonds is 8. The Labute approximate surface area is 242 Å². The Bertz CT molecular complexity index is 1450.